The maximum Gasteiger partial charge on any atom is 0.272 e. The molecule has 0 aliphatic carbocycles. The number of aromatic amines is 1. The second-order valence-corrected chi connectivity index (χ2v) is 5.48. The first-order chi connectivity index (χ1) is 8.16. The van der Waals surface area contributed by atoms with Crippen molar-refractivity contribution in [2.45, 2.75) is 11.8 Å². The van der Waals surface area contributed by atoms with Gasteiger partial charge in [0, 0.05) is 11.0 Å². The quantitative estimate of drug-likeness (QED) is 0.687. The van der Waals surface area contributed by atoms with Crippen LogP contribution in [0.15, 0.2) is 41.3 Å². The highest BCUT2D eigenvalue weighted by molar-refractivity contribution is 9.09. The molecule has 0 fully saturated rings. The van der Waals surface area contributed by atoms with Gasteiger partial charge in [-0.2, -0.15) is 0 Å². The second kappa shape index (κ2) is 3.74. The molecule has 2 heterocycles. The van der Waals surface area contributed by atoms with E-state index in [4.69, 9.17) is 0 Å². The van der Waals surface area contributed by atoms with Gasteiger partial charge >= 0.3 is 0 Å². The Bertz CT molecular complexity index is 755. The lowest BCUT2D eigenvalue weighted by Crippen LogP contribution is -2.09. The van der Waals surface area contributed by atoms with E-state index in [1.54, 1.807) is 0 Å². The van der Waals surface area contributed by atoms with Gasteiger partial charge in [0.25, 0.3) is 5.56 Å². The van der Waals surface area contributed by atoms with Crippen LogP contribution in [0.2, 0.25) is 0 Å². The van der Waals surface area contributed by atoms with E-state index in [1.807, 2.05) is 34.9 Å². The number of alkyl halides is 1. The highest BCUT2D eigenvalue weighted by Gasteiger charge is 2.06. The molecule has 2 aromatic heterocycles. The van der Waals surface area contributed by atoms with Crippen LogP contribution in [-0.2, 0) is 0 Å². The summed E-state index contributed by atoms with van der Waals surface area (Å²) < 4.78 is 1.91. The lowest BCUT2D eigenvalue weighted by molar-refractivity contribution is 1.11. The maximum atomic E-state index is 11.8. The third kappa shape index (κ3) is 1.60. The molecule has 0 spiro atoms. The molecule has 0 amide bonds. The first kappa shape index (κ1) is 10.6. The van der Waals surface area contributed by atoms with E-state index in [-0.39, 0.29) is 10.4 Å². The molecule has 3 rings (SSSR count). The number of aromatic nitrogens is 2. The van der Waals surface area contributed by atoms with Gasteiger partial charge < -0.3 is 9.38 Å². The molecule has 0 aliphatic rings. The maximum absolute atomic E-state index is 11.8. The third-order valence-electron chi connectivity index (χ3n) is 2.97. The Balaban J connectivity index is 2.46. The minimum Gasteiger partial charge on any atom is -0.319 e. The van der Waals surface area contributed by atoms with E-state index in [1.165, 1.54) is 0 Å². The molecule has 0 aliphatic heterocycles. The number of fused-ring (bicyclic) bond motifs is 3. The van der Waals surface area contributed by atoms with Crippen LogP contribution in [0.1, 0.15) is 17.3 Å². The molecule has 3 aromatic rings. The van der Waals surface area contributed by atoms with Crippen molar-refractivity contribution in [3.05, 3.63) is 52.4 Å². The van der Waals surface area contributed by atoms with Crippen LogP contribution in [0.4, 0.5) is 0 Å². The van der Waals surface area contributed by atoms with Gasteiger partial charge in [-0.3, -0.25) is 4.79 Å². The molecular weight excluding hydrogens is 280 g/mol. The number of hydrogen-bond donors (Lipinski definition) is 1. The molecule has 1 N–H and O–H groups in total. The van der Waals surface area contributed by atoms with Crippen molar-refractivity contribution in [3.63, 3.8) is 0 Å². The molecule has 86 valence electrons. The Labute approximate surface area is 106 Å². The van der Waals surface area contributed by atoms with Gasteiger partial charge in [-0.1, -0.05) is 22.0 Å². The van der Waals surface area contributed by atoms with Gasteiger partial charge in [0.15, 0.2) is 0 Å². The molecule has 1 unspecified atom stereocenters. The summed E-state index contributed by atoms with van der Waals surface area (Å²) in [6, 6.07) is 9.81. The number of halogens is 1. The lowest BCUT2D eigenvalue weighted by Gasteiger charge is -2.07. The zero-order valence-corrected chi connectivity index (χ0v) is 10.9. The van der Waals surface area contributed by atoms with Crippen molar-refractivity contribution in [2.75, 3.05) is 0 Å². The summed E-state index contributed by atoms with van der Waals surface area (Å²) >= 11 is 3.53. The van der Waals surface area contributed by atoms with Crippen LogP contribution in [0.3, 0.4) is 0 Å². The highest BCUT2D eigenvalue weighted by atomic mass is 79.9. The number of benzene rings is 1. The van der Waals surface area contributed by atoms with Crippen molar-refractivity contribution in [2.24, 2.45) is 0 Å². The predicted molar refractivity (Wildman–Crippen MR) is 72.9 cm³/mol. The van der Waals surface area contributed by atoms with Crippen LogP contribution < -0.4 is 5.56 Å². The molecule has 0 saturated heterocycles. The SMILES string of the molecule is CC(Br)c1ccc2c(c1)[nH]c(=O)c1cccn12. The van der Waals surface area contributed by atoms with Crippen LogP contribution in [0.25, 0.3) is 16.6 Å². The molecule has 4 heteroatoms. The number of nitrogens with zero attached hydrogens (tertiary/aromatic N) is 1. The topological polar surface area (TPSA) is 37.3 Å². The summed E-state index contributed by atoms with van der Waals surface area (Å²) in [4.78, 5) is 15.0. The van der Waals surface area contributed by atoms with E-state index in [2.05, 4.69) is 33.9 Å². The number of rotatable bonds is 1. The standard InChI is InChI=1S/C13H11BrN2O/c1-8(14)9-4-5-11-10(7-9)15-13(17)12-3-2-6-16(11)12/h2-8H,1H3,(H,15,17). The Kier molecular flexibility index (Phi) is 2.33. The molecule has 0 bridgehead atoms. The van der Waals surface area contributed by atoms with E-state index in [9.17, 15) is 4.79 Å². The molecule has 0 radical (unpaired) electrons. The van der Waals surface area contributed by atoms with Gasteiger partial charge in [0.2, 0.25) is 0 Å². The summed E-state index contributed by atoms with van der Waals surface area (Å²) in [7, 11) is 0. The number of nitrogens with one attached hydrogen (secondary N) is 1. The Hall–Kier alpha value is -1.55. The Morgan fingerprint density at radius 1 is 1.29 bits per heavy atom. The van der Waals surface area contributed by atoms with Gasteiger partial charge in [-0.05, 0) is 36.8 Å². The fourth-order valence-electron chi connectivity index (χ4n) is 2.07. The predicted octanol–water partition coefficient (Wildman–Crippen LogP) is 3.24. The zero-order chi connectivity index (χ0) is 12.0. The lowest BCUT2D eigenvalue weighted by atomic mass is 10.1. The highest BCUT2D eigenvalue weighted by Crippen LogP contribution is 2.24. The second-order valence-electron chi connectivity index (χ2n) is 4.11. The molecule has 1 atom stereocenters. The van der Waals surface area contributed by atoms with Crippen LogP contribution in [0.5, 0.6) is 0 Å². The van der Waals surface area contributed by atoms with Gasteiger partial charge in [-0.15, -0.1) is 0 Å². The first-order valence-corrected chi connectivity index (χ1v) is 6.35. The summed E-state index contributed by atoms with van der Waals surface area (Å²) in [5.41, 5.74) is 3.66. The summed E-state index contributed by atoms with van der Waals surface area (Å²) in [6.07, 6.45) is 1.91. The molecule has 0 saturated carbocycles. The van der Waals surface area contributed by atoms with Crippen molar-refractivity contribution < 1.29 is 0 Å². The zero-order valence-electron chi connectivity index (χ0n) is 9.27. The van der Waals surface area contributed by atoms with E-state index in [0.717, 1.165) is 16.6 Å². The van der Waals surface area contributed by atoms with Gasteiger partial charge in [-0.25, -0.2) is 0 Å². The number of hydrogen-bond acceptors (Lipinski definition) is 1. The van der Waals surface area contributed by atoms with Gasteiger partial charge in [0.1, 0.15) is 5.52 Å². The van der Waals surface area contributed by atoms with Crippen molar-refractivity contribution in [1.82, 2.24) is 9.38 Å². The summed E-state index contributed by atoms with van der Waals surface area (Å²) in [6.45, 7) is 2.06. The van der Waals surface area contributed by atoms with Crippen molar-refractivity contribution in [1.29, 1.82) is 0 Å². The Morgan fingerprint density at radius 2 is 2.12 bits per heavy atom. The Morgan fingerprint density at radius 3 is 2.88 bits per heavy atom. The van der Waals surface area contributed by atoms with Crippen LogP contribution >= 0.6 is 15.9 Å². The average Bonchev–Trinajstić information content (AvgIpc) is 2.78. The van der Waals surface area contributed by atoms with Crippen molar-refractivity contribution in [3.8, 4) is 0 Å². The summed E-state index contributed by atoms with van der Waals surface area (Å²) in [5.74, 6) is 0. The fraction of sp³-hybridized carbons (Fsp3) is 0.154. The molecule has 1 aromatic carbocycles. The van der Waals surface area contributed by atoms with E-state index >= 15 is 0 Å². The third-order valence-corrected chi connectivity index (χ3v) is 3.50. The minimum absolute atomic E-state index is 0.0538. The fourth-order valence-corrected chi connectivity index (χ4v) is 2.36. The normalized spacial score (nSPS) is 13.3. The molecule has 17 heavy (non-hydrogen) atoms. The summed E-state index contributed by atoms with van der Waals surface area (Å²) in [5, 5.41) is 0. The first-order valence-electron chi connectivity index (χ1n) is 5.44. The molecular formula is C13H11BrN2O. The van der Waals surface area contributed by atoms with E-state index in [0.29, 0.717) is 5.52 Å². The largest absolute Gasteiger partial charge is 0.319 e. The van der Waals surface area contributed by atoms with Gasteiger partial charge in [0.05, 0.1) is 11.0 Å². The van der Waals surface area contributed by atoms with Crippen LogP contribution in [0, 0.1) is 0 Å². The average molecular weight is 291 g/mol. The van der Waals surface area contributed by atoms with Crippen LogP contribution in [-0.4, -0.2) is 9.38 Å². The smallest absolute Gasteiger partial charge is 0.272 e. The minimum atomic E-state index is -0.0538. The number of H-pyrrole nitrogens is 1. The monoisotopic (exact) mass is 290 g/mol. The van der Waals surface area contributed by atoms with E-state index < -0.39 is 0 Å². The molecule has 3 nitrogen and oxygen atoms in total. The van der Waals surface area contributed by atoms with Crippen molar-refractivity contribution >= 4 is 32.5 Å².